The first kappa shape index (κ1) is 22.3. The molecule has 2 aliphatic rings. The van der Waals surface area contributed by atoms with Crippen LogP contribution in [0.2, 0.25) is 0 Å². The van der Waals surface area contributed by atoms with Gasteiger partial charge in [-0.25, -0.2) is 4.79 Å². The van der Waals surface area contributed by atoms with Gasteiger partial charge in [0, 0.05) is 25.7 Å². The number of hydrogen-bond donors (Lipinski definition) is 0. The third-order valence-corrected chi connectivity index (χ3v) is 6.65. The monoisotopic (exact) mass is 458 g/mol. The number of nitrogens with zero attached hydrogens (tertiary/aromatic N) is 2. The van der Waals surface area contributed by atoms with E-state index in [0.717, 1.165) is 43.8 Å². The smallest absolute Gasteiger partial charge is 0.410 e. The molecule has 3 aromatic rings. The average Bonchev–Trinajstić information content (AvgIpc) is 3.27. The van der Waals surface area contributed by atoms with Gasteiger partial charge in [0.05, 0.1) is 13.2 Å². The number of rotatable bonds is 7. The van der Waals surface area contributed by atoms with Crippen molar-refractivity contribution >= 4 is 6.09 Å². The number of methoxy groups -OCH3 is 1. The predicted molar refractivity (Wildman–Crippen MR) is 130 cm³/mol. The highest BCUT2D eigenvalue weighted by atomic mass is 16.6. The van der Waals surface area contributed by atoms with Crippen LogP contribution in [0.4, 0.5) is 4.79 Å². The Balaban J connectivity index is 1.20. The summed E-state index contributed by atoms with van der Waals surface area (Å²) in [4.78, 5) is 16.9. The minimum Gasteiger partial charge on any atom is -0.493 e. The summed E-state index contributed by atoms with van der Waals surface area (Å²) in [5.74, 6) is 2.21. The van der Waals surface area contributed by atoms with Crippen LogP contribution in [0.15, 0.2) is 78.9 Å². The van der Waals surface area contributed by atoms with Gasteiger partial charge in [-0.1, -0.05) is 54.6 Å². The molecule has 0 unspecified atom stereocenters. The van der Waals surface area contributed by atoms with E-state index in [2.05, 4.69) is 29.2 Å². The zero-order valence-corrected chi connectivity index (χ0v) is 19.4. The molecule has 2 fully saturated rings. The maximum atomic E-state index is 12.5. The molecule has 6 nitrogen and oxygen atoms in total. The van der Waals surface area contributed by atoms with Crippen LogP contribution in [0, 0.1) is 0 Å². The summed E-state index contributed by atoms with van der Waals surface area (Å²) in [7, 11) is 1.64. The van der Waals surface area contributed by atoms with Crippen LogP contribution in [-0.2, 0) is 11.3 Å². The van der Waals surface area contributed by atoms with Gasteiger partial charge in [0.25, 0.3) is 0 Å². The highest BCUT2D eigenvalue weighted by molar-refractivity contribution is 5.71. The van der Waals surface area contributed by atoms with Crippen molar-refractivity contribution in [1.29, 1.82) is 0 Å². The maximum Gasteiger partial charge on any atom is 0.410 e. The summed E-state index contributed by atoms with van der Waals surface area (Å²) in [6, 6.07) is 26.3. The molecule has 1 atom stereocenters. The van der Waals surface area contributed by atoms with Crippen LogP contribution in [0.1, 0.15) is 30.0 Å². The fraction of sp³-hybridized carbons (Fsp3) is 0.321. The molecule has 2 saturated heterocycles. The Morgan fingerprint density at radius 3 is 2.41 bits per heavy atom. The number of amides is 1. The molecule has 2 heterocycles. The van der Waals surface area contributed by atoms with Crippen LogP contribution in [-0.4, -0.2) is 48.7 Å². The molecule has 0 saturated carbocycles. The van der Waals surface area contributed by atoms with E-state index < -0.39 is 0 Å². The van der Waals surface area contributed by atoms with Crippen molar-refractivity contribution in [3.8, 4) is 17.2 Å². The molecule has 0 radical (unpaired) electrons. The van der Waals surface area contributed by atoms with Crippen molar-refractivity contribution in [3.63, 3.8) is 0 Å². The summed E-state index contributed by atoms with van der Waals surface area (Å²) >= 11 is 0. The van der Waals surface area contributed by atoms with Gasteiger partial charge in [-0.15, -0.1) is 0 Å². The molecule has 5 rings (SSSR count). The fourth-order valence-corrected chi connectivity index (χ4v) is 4.92. The molecular formula is C28H30N2O4. The Morgan fingerprint density at radius 2 is 1.65 bits per heavy atom. The molecule has 34 heavy (non-hydrogen) atoms. The largest absolute Gasteiger partial charge is 0.493 e. The number of carbonyl (C=O) groups excluding carboxylic acids is 1. The third-order valence-electron chi connectivity index (χ3n) is 6.65. The molecule has 0 spiro atoms. The fourth-order valence-electron chi connectivity index (χ4n) is 4.92. The lowest BCUT2D eigenvalue weighted by Crippen LogP contribution is -2.45. The molecule has 0 bridgehead atoms. The Labute approximate surface area is 200 Å². The van der Waals surface area contributed by atoms with E-state index in [9.17, 15) is 4.79 Å². The Morgan fingerprint density at radius 1 is 0.912 bits per heavy atom. The summed E-state index contributed by atoms with van der Waals surface area (Å²) in [5.41, 5.74) is 2.34. The van der Waals surface area contributed by atoms with Crippen molar-refractivity contribution in [2.24, 2.45) is 0 Å². The number of para-hydroxylation sites is 2. The Hall–Kier alpha value is -3.51. The quantitative estimate of drug-likeness (QED) is 0.458. The molecule has 0 aliphatic carbocycles. The van der Waals surface area contributed by atoms with Crippen molar-refractivity contribution in [2.75, 3.05) is 26.8 Å². The van der Waals surface area contributed by atoms with Crippen molar-refractivity contribution in [3.05, 3.63) is 90.0 Å². The first-order valence-electron chi connectivity index (χ1n) is 11.8. The summed E-state index contributed by atoms with van der Waals surface area (Å²) in [6.07, 6.45) is 1.69. The molecule has 2 aliphatic heterocycles. The van der Waals surface area contributed by atoms with E-state index >= 15 is 0 Å². The lowest BCUT2D eigenvalue weighted by Gasteiger charge is -2.38. The van der Waals surface area contributed by atoms with E-state index in [0.29, 0.717) is 18.1 Å². The van der Waals surface area contributed by atoms with Gasteiger partial charge < -0.3 is 14.2 Å². The van der Waals surface area contributed by atoms with Crippen LogP contribution >= 0.6 is 0 Å². The number of cyclic esters (lactones) is 1. The standard InChI is InChI=1S/C28H30N2O4/c1-32-26-12-5-6-13-27(26)34-24-11-7-8-21(18-24)19-29-16-14-23(15-17-29)30-25(20-33-28(30)31)22-9-3-2-4-10-22/h2-13,18,23,25H,14-17,19-20H2,1H3/t25-/m1/s1. The highest BCUT2D eigenvalue weighted by Crippen LogP contribution is 2.34. The number of piperidine rings is 1. The zero-order valence-electron chi connectivity index (χ0n) is 19.4. The van der Waals surface area contributed by atoms with Crippen LogP contribution in [0.3, 0.4) is 0 Å². The topological polar surface area (TPSA) is 51.2 Å². The van der Waals surface area contributed by atoms with E-state index in [1.165, 1.54) is 5.56 Å². The van der Waals surface area contributed by atoms with Gasteiger partial charge in [-0.05, 0) is 48.2 Å². The predicted octanol–water partition coefficient (Wildman–Crippen LogP) is 5.65. The van der Waals surface area contributed by atoms with E-state index in [-0.39, 0.29) is 18.2 Å². The molecule has 6 heteroatoms. The van der Waals surface area contributed by atoms with Gasteiger partial charge in [0.1, 0.15) is 12.4 Å². The first-order valence-corrected chi connectivity index (χ1v) is 11.8. The Bertz CT molecular complexity index is 1110. The van der Waals surface area contributed by atoms with Gasteiger partial charge in [-0.2, -0.15) is 0 Å². The SMILES string of the molecule is COc1ccccc1Oc1cccc(CN2CCC(N3C(=O)OC[C@@H]3c3ccccc3)CC2)c1. The van der Waals surface area contributed by atoms with Crippen LogP contribution in [0.25, 0.3) is 0 Å². The summed E-state index contributed by atoms with van der Waals surface area (Å²) in [6.45, 7) is 3.16. The maximum absolute atomic E-state index is 12.5. The van der Waals surface area contributed by atoms with Crippen LogP contribution < -0.4 is 9.47 Å². The first-order chi connectivity index (χ1) is 16.7. The number of likely N-dealkylation sites (tertiary alicyclic amines) is 1. The second-order valence-electron chi connectivity index (χ2n) is 8.82. The molecule has 0 aromatic heterocycles. The number of benzene rings is 3. The van der Waals surface area contributed by atoms with E-state index in [1.54, 1.807) is 7.11 Å². The highest BCUT2D eigenvalue weighted by Gasteiger charge is 2.40. The minimum atomic E-state index is -0.187. The van der Waals surface area contributed by atoms with Crippen molar-refractivity contribution < 1.29 is 19.0 Å². The Kier molecular flexibility index (Phi) is 6.67. The second kappa shape index (κ2) is 10.2. The summed E-state index contributed by atoms with van der Waals surface area (Å²) in [5, 5.41) is 0. The molecule has 1 amide bonds. The molecule has 176 valence electrons. The van der Waals surface area contributed by atoms with E-state index in [4.69, 9.17) is 14.2 Å². The number of carbonyl (C=O) groups is 1. The number of hydrogen-bond acceptors (Lipinski definition) is 5. The average molecular weight is 459 g/mol. The zero-order chi connectivity index (χ0) is 23.3. The van der Waals surface area contributed by atoms with Crippen LogP contribution in [0.5, 0.6) is 17.2 Å². The normalized spacial score (nSPS) is 19.1. The molecular weight excluding hydrogens is 428 g/mol. The third kappa shape index (κ3) is 4.87. The minimum absolute atomic E-state index is 0.00839. The number of ether oxygens (including phenoxy) is 3. The molecule has 3 aromatic carbocycles. The summed E-state index contributed by atoms with van der Waals surface area (Å²) < 4.78 is 16.9. The lowest BCUT2D eigenvalue weighted by atomic mass is 9.99. The van der Waals surface area contributed by atoms with Gasteiger partial charge in [0.2, 0.25) is 0 Å². The second-order valence-corrected chi connectivity index (χ2v) is 8.82. The van der Waals surface area contributed by atoms with Crippen molar-refractivity contribution in [1.82, 2.24) is 9.80 Å². The van der Waals surface area contributed by atoms with Gasteiger partial charge in [0.15, 0.2) is 11.5 Å². The van der Waals surface area contributed by atoms with E-state index in [1.807, 2.05) is 59.5 Å². The van der Waals surface area contributed by atoms with Gasteiger partial charge >= 0.3 is 6.09 Å². The lowest BCUT2D eigenvalue weighted by molar-refractivity contribution is 0.104. The van der Waals surface area contributed by atoms with Crippen molar-refractivity contribution in [2.45, 2.75) is 31.5 Å². The van der Waals surface area contributed by atoms with Gasteiger partial charge in [-0.3, -0.25) is 9.80 Å². The molecule has 0 N–H and O–H groups in total.